The SMILES string of the molecule is Cc1ccc(Oc2ccc(CO)c(C(F)(F)F)c2)c(Cl)c1. The summed E-state index contributed by atoms with van der Waals surface area (Å²) in [5, 5.41) is 9.29. The fraction of sp³-hybridized carbons (Fsp3) is 0.200. The molecule has 0 aromatic heterocycles. The van der Waals surface area contributed by atoms with E-state index in [4.69, 9.17) is 21.4 Å². The van der Waals surface area contributed by atoms with Crippen LogP contribution in [0.25, 0.3) is 0 Å². The number of hydrogen-bond donors (Lipinski definition) is 1. The number of benzene rings is 2. The predicted octanol–water partition coefficient (Wildman–Crippen LogP) is 4.95. The van der Waals surface area contributed by atoms with Crippen molar-refractivity contribution in [3.63, 3.8) is 0 Å². The summed E-state index contributed by atoms with van der Waals surface area (Å²) in [6.07, 6.45) is -4.56. The summed E-state index contributed by atoms with van der Waals surface area (Å²) in [5.41, 5.74) is -0.213. The molecule has 1 N–H and O–H groups in total. The molecule has 0 bridgehead atoms. The zero-order chi connectivity index (χ0) is 15.6. The van der Waals surface area contributed by atoms with Gasteiger partial charge in [0.2, 0.25) is 0 Å². The van der Waals surface area contributed by atoms with Crippen LogP contribution in [0.5, 0.6) is 11.5 Å². The average molecular weight is 317 g/mol. The topological polar surface area (TPSA) is 29.5 Å². The summed E-state index contributed by atoms with van der Waals surface area (Å²) in [7, 11) is 0. The Hall–Kier alpha value is -1.72. The van der Waals surface area contributed by atoms with E-state index in [1.807, 2.05) is 6.92 Å². The molecule has 0 saturated heterocycles. The van der Waals surface area contributed by atoms with Crippen molar-refractivity contribution in [2.75, 3.05) is 0 Å². The Bertz CT molecular complexity index is 654. The minimum Gasteiger partial charge on any atom is -0.456 e. The van der Waals surface area contributed by atoms with Crippen LogP contribution in [0.2, 0.25) is 5.02 Å². The molecule has 2 rings (SSSR count). The van der Waals surface area contributed by atoms with Gasteiger partial charge in [-0.25, -0.2) is 0 Å². The summed E-state index contributed by atoms with van der Waals surface area (Å²) in [4.78, 5) is 0. The molecule has 0 aliphatic carbocycles. The molecule has 21 heavy (non-hydrogen) atoms. The van der Waals surface area contributed by atoms with Gasteiger partial charge in [0.05, 0.1) is 17.2 Å². The lowest BCUT2D eigenvalue weighted by Gasteiger charge is -2.14. The number of ether oxygens (including phenoxy) is 1. The summed E-state index contributed by atoms with van der Waals surface area (Å²) < 4.78 is 44.1. The third-order valence-electron chi connectivity index (χ3n) is 2.87. The second kappa shape index (κ2) is 5.95. The third kappa shape index (κ3) is 3.68. The normalized spacial score (nSPS) is 11.5. The quantitative estimate of drug-likeness (QED) is 0.868. The van der Waals surface area contributed by atoms with Crippen molar-refractivity contribution in [1.82, 2.24) is 0 Å². The molecule has 0 atom stereocenters. The molecule has 0 unspecified atom stereocenters. The molecule has 0 spiro atoms. The van der Waals surface area contributed by atoms with E-state index in [0.717, 1.165) is 11.6 Å². The van der Waals surface area contributed by atoms with Crippen LogP contribution in [-0.4, -0.2) is 5.11 Å². The molecule has 6 heteroatoms. The molecule has 112 valence electrons. The lowest BCUT2D eigenvalue weighted by atomic mass is 10.1. The van der Waals surface area contributed by atoms with E-state index in [1.54, 1.807) is 18.2 Å². The Kier molecular flexibility index (Phi) is 4.44. The molecule has 0 radical (unpaired) electrons. The van der Waals surface area contributed by atoms with Gasteiger partial charge < -0.3 is 9.84 Å². The van der Waals surface area contributed by atoms with Gasteiger partial charge in [-0.2, -0.15) is 13.2 Å². The van der Waals surface area contributed by atoms with Crippen LogP contribution in [-0.2, 0) is 12.8 Å². The Labute approximate surface area is 124 Å². The molecule has 0 heterocycles. The monoisotopic (exact) mass is 316 g/mol. The van der Waals surface area contributed by atoms with Crippen LogP contribution < -0.4 is 4.74 Å². The number of aryl methyl sites for hydroxylation is 1. The minimum absolute atomic E-state index is 0.00489. The lowest BCUT2D eigenvalue weighted by molar-refractivity contribution is -0.138. The Morgan fingerprint density at radius 1 is 1.14 bits per heavy atom. The lowest BCUT2D eigenvalue weighted by Crippen LogP contribution is -2.09. The van der Waals surface area contributed by atoms with E-state index in [2.05, 4.69) is 0 Å². The highest BCUT2D eigenvalue weighted by atomic mass is 35.5. The maximum Gasteiger partial charge on any atom is 0.416 e. The van der Waals surface area contributed by atoms with E-state index in [9.17, 15) is 13.2 Å². The van der Waals surface area contributed by atoms with Crippen LogP contribution in [0.4, 0.5) is 13.2 Å². The Morgan fingerprint density at radius 3 is 2.43 bits per heavy atom. The fourth-order valence-electron chi connectivity index (χ4n) is 1.84. The van der Waals surface area contributed by atoms with Crippen LogP contribution in [0.3, 0.4) is 0 Å². The highest BCUT2D eigenvalue weighted by Crippen LogP contribution is 2.36. The largest absolute Gasteiger partial charge is 0.456 e. The molecule has 0 aliphatic rings. The van der Waals surface area contributed by atoms with Crippen molar-refractivity contribution < 1.29 is 23.0 Å². The molecule has 0 amide bonds. The van der Waals surface area contributed by atoms with Crippen molar-refractivity contribution in [3.8, 4) is 11.5 Å². The van der Waals surface area contributed by atoms with Gasteiger partial charge in [-0.1, -0.05) is 23.7 Å². The van der Waals surface area contributed by atoms with Gasteiger partial charge in [-0.15, -0.1) is 0 Å². The van der Waals surface area contributed by atoms with E-state index < -0.39 is 18.3 Å². The number of hydrogen-bond acceptors (Lipinski definition) is 2. The molecule has 2 nitrogen and oxygen atoms in total. The van der Waals surface area contributed by atoms with Crippen molar-refractivity contribution in [2.24, 2.45) is 0 Å². The maximum atomic E-state index is 12.9. The van der Waals surface area contributed by atoms with Crippen molar-refractivity contribution in [2.45, 2.75) is 19.7 Å². The summed E-state index contributed by atoms with van der Waals surface area (Å²) in [6.45, 7) is 1.15. The van der Waals surface area contributed by atoms with Crippen molar-refractivity contribution in [1.29, 1.82) is 0 Å². The van der Waals surface area contributed by atoms with Gasteiger partial charge in [0.1, 0.15) is 11.5 Å². The summed E-state index contributed by atoms with van der Waals surface area (Å²) >= 11 is 5.98. The molecule has 2 aromatic carbocycles. The van der Waals surface area contributed by atoms with Gasteiger partial charge in [0.15, 0.2) is 0 Å². The number of aliphatic hydroxyl groups is 1. The number of aliphatic hydroxyl groups excluding tert-OH is 1. The smallest absolute Gasteiger partial charge is 0.416 e. The van der Waals surface area contributed by atoms with Crippen LogP contribution in [0.15, 0.2) is 36.4 Å². The van der Waals surface area contributed by atoms with Crippen LogP contribution in [0, 0.1) is 6.92 Å². The van der Waals surface area contributed by atoms with E-state index in [0.29, 0.717) is 5.02 Å². The Balaban J connectivity index is 2.37. The molecular weight excluding hydrogens is 305 g/mol. The van der Waals surface area contributed by atoms with Gasteiger partial charge in [0, 0.05) is 0 Å². The molecule has 0 saturated carbocycles. The number of alkyl halides is 3. The standard InChI is InChI=1S/C15H12ClF3O2/c1-9-2-5-14(13(16)6-9)21-11-4-3-10(8-20)12(7-11)15(17,18)19/h2-7,20H,8H2,1H3. The maximum absolute atomic E-state index is 12.9. The van der Waals surface area contributed by atoms with E-state index >= 15 is 0 Å². The molecule has 2 aromatic rings. The third-order valence-corrected chi connectivity index (χ3v) is 3.17. The van der Waals surface area contributed by atoms with E-state index in [1.165, 1.54) is 12.1 Å². The molecular formula is C15H12ClF3O2. The van der Waals surface area contributed by atoms with Gasteiger partial charge in [0.25, 0.3) is 0 Å². The first kappa shape index (κ1) is 15.7. The van der Waals surface area contributed by atoms with Crippen molar-refractivity contribution in [3.05, 3.63) is 58.1 Å². The molecule has 0 fully saturated rings. The average Bonchev–Trinajstić information content (AvgIpc) is 2.41. The van der Waals surface area contributed by atoms with Gasteiger partial charge >= 0.3 is 6.18 Å². The van der Waals surface area contributed by atoms with Crippen LogP contribution in [0.1, 0.15) is 16.7 Å². The predicted molar refractivity (Wildman–Crippen MR) is 73.6 cm³/mol. The minimum atomic E-state index is -4.56. The van der Waals surface area contributed by atoms with E-state index in [-0.39, 0.29) is 17.1 Å². The zero-order valence-electron chi connectivity index (χ0n) is 11.0. The molecule has 0 aliphatic heterocycles. The zero-order valence-corrected chi connectivity index (χ0v) is 11.8. The van der Waals surface area contributed by atoms with Crippen molar-refractivity contribution >= 4 is 11.6 Å². The fourth-order valence-corrected chi connectivity index (χ4v) is 2.11. The summed E-state index contributed by atoms with van der Waals surface area (Å²) in [5.74, 6) is 0.275. The number of halogens is 4. The van der Waals surface area contributed by atoms with Gasteiger partial charge in [-0.05, 0) is 42.3 Å². The first-order valence-electron chi connectivity index (χ1n) is 6.06. The first-order valence-corrected chi connectivity index (χ1v) is 6.44. The highest BCUT2D eigenvalue weighted by Gasteiger charge is 2.33. The second-order valence-electron chi connectivity index (χ2n) is 4.51. The number of rotatable bonds is 3. The second-order valence-corrected chi connectivity index (χ2v) is 4.92. The first-order chi connectivity index (χ1) is 9.81. The highest BCUT2D eigenvalue weighted by molar-refractivity contribution is 6.32. The van der Waals surface area contributed by atoms with Crippen LogP contribution >= 0.6 is 11.6 Å². The summed E-state index contributed by atoms with van der Waals surface area (Å²) in [6, 6.07) is 8.38. The Morgan fingerprint density at radius 2 is 1.86 bits per heavy atom. The van der Waals surface area contributed by atoms with Gasteiger partial charge in [-0.3, -0.25) is 0 Å².